The molecule has 0 saturated carbocycles. The van der Waals surface area contributed by atoms with Gasteiger partial charge in [0.1, 0.15) is 11.6 Å². The molecule has 2 rings (SSSR count). The minimum atomic E-state index is -0.544. The van der Waals surface area contributed by atoms with Crippen molar-refractivity contribution >= 4 is 0 Å². The Bertz CT molecular complexity index is 368. The predicted molar refractivity (Wildman–Crippen MR) is 52.7 cm³/mol. The lowest BCUT2D eigenvalue weighted by atomic mass is 9.96. The average molecular weight is 213 g/mol. The number of hydrogen-bond donors (Lipinski definition) is 1. The monoisotopic (exact) mass is 213 g/mol. The van der Waals surface area contributed by atoms with Crippen LogP contribution in [0.4, 0.5) is 8.78 Å². The molecule has 0 fully saturated rings. The number of ether oxygens (including phenoxy) is 1. The van der Waals surface area contributed by atoms with Crippen LogP contribution in [0.3, 0.4) is 0 Å². The Balaban J connectivity index is 2.41. The van der Waals surface area contributed by atoms with Crippen LogP contribution in [0.5, 0.6) is 0 Å². The van der Waals surface area contributed by atoms with Crippen molar-refractivity contribution < 1.29 is 13.5 Å². The Labute approximate surface area is 87.2 Å². The number of hydrogen-bond acceptors (Lipinski definition) is 2. The van der Waals surface area contributed by atoms with Crippen molar-refractivity contribution in [3.8, 4) is 0 Å². The Kier molecular flexibility index (Phi) is 2.98. The molecule has 1 atom stereocenters. The van der Waals surface area contributed by atoms with Gasteiger partial charge in [-0.3, -0.25) is 0 Å². The highest BCUT2D eigenvalue weighted by molar-refractivity contribution is 5.33. The largest absolute Gasteiger partial charge is 0.372 e. The van der Waals surface area contributed by atoms with Crippen LogP contribution in [-0.4, -0.2) is 20.2 Å². The molecule has 4 heteroatoms. The fourth-order valence-electron chi connectivity index (χ4n) is 1.92. The summed E-state index contributed by atoms with van der Waals surface area (Å²) in [4.78, 5) is 0. The van der Waals surface area contributed by atoms with Crippen LogP contribution in [0.15, 0.2) is 12.1 Å². The number of nitrogens with one attached hydrogen (secondary N) is 1. The Morgan fingerprint density at radius 1 is 1.47 bits per heavy atom. The third-order valence-corrected chi connectivity index (χ3v) is 2.60. The molecule has 1 aromatic carbocycles. The van der Waals surface area contributed by atoms with E-state index in [0.717, 1.165) is 6.07 Å². The van der Waals surface area contributed by atoms with E-state index in [1.807, 2.05) is 0 Å². The maximum atomic E-state index is 13.4. The van der Waals surface area contributed by atoms with Crippen LogP contribution < -0.4 is 5.32 Å². The third-order valence-electron chi connectivity index (χ3n) is 2.60. The van der Waals surface area contributed by atoms with Crippen LogP contribution in [0, 0.1) is 11.6 Å². The minimum Gasteiger partial charge on any atom is -0.372 e. The topological polar surface area (TPSA) is 21.3 Å². The lowest BCUT2D eigenvalue weighted by molar-refractivity contribution is 0.0424. The second kappa shape index (κ2) is 4.24. The molecule has 1 heterocycles. The van der Waals surface area contributed by atoms with E-state index in [2.05, 4.69) is 5.32 Å². The quantitative estimate of drug-likeness (QED) is 0.808. The van der Waals surface area contributed by atoms with Gasteiger partial charge in [0.2, 0.25) is 0 Å². The molecule has 0 radical (unpaired) electrons. The molecule has 1 aromatic rings. The standard InChI is InChI=1S/C11H13F2NO/c1-14-6-11-9-4-7(12)5-10(13)8(9)2-3-15-11/h4-5,11,14H,2-3,6H2,1H3/t11-/m0/s1. The Morgan fingerprint density at radius 2 is 2.27 bits per heavy atom. The highest BCUT2D eigenvalue weighted by Crippen LogP contribution is 2.29. The highest BCUT2D eigenvalue weighted by atomic mass is 19.1. The second-order valence-corrected chi connectivity index (χ2v) is 3.62. The van der Waals surface area contributed by atoms with Crippen LogP contribution in [0.2, 0.25) is 0 Å². The lowest BCUT2D eigenvalue weighted by Crippen LogP contribution is -2.26. The molecule has 0 saturated heterocycles. The van der Waals surface area contributed by atoms with Crippen LogP contribution in [-0.2, 0) is 11.2 Å². The molecule has 0 unspecified atom stereocenters. The van der Waals surface area contributed by atoms with E-state index in [1.54, 1.807) is 7.05 Å². The van der Waals surface area contributed by atoms with E-state index in [4.69, 9.17) is 4.74 Å². The van der Waals surface area contributed by atoms with Crippen molar-refractivity contribution in [1.82, 2.24) is 5.32 Å². The lowest BCUT2D eigenvalue weighted by Gasteiger charge is -2.26. The second-order valence-electron chi connectivity index (χ2n) is 3.62. The maximum absolute atomic E-state index is 13.4. The van der Waals surface area contributed by atoms with Gasteiger partial charge in [0.25, 0.3) is 0 Å². The molecular formula is C11H13F2NO. The molecule has 0 aliphatic carbocycles. The van der Waals surface area contributed by atoms with Crippen molar-refractivity contribution in [2.45, 2.75) is 12.5 Å². The van der Waals surface area contributed by atoms with Gasteiger partial charge in [-0.2, -0.15) is 0 Å². The van der Waals surface area contributed by atoms with E-state index in [9.17, 15) is 8.78 Å². The zero-order valence-electron chi connectivity index (χ0n) is 8.52. The molecule has 0 spiro atoms. The van der Waals surface area contributed by atoms with Gasteiger partial charge in [0, 0.05) is 12.6 Å². The van der Waals surface area contributed by atoms with Gasteiger partial charge in [0.05, 0.1) is 12.7 Å². The molecule has 0 aromatic heterocycles. The van der Waals surface area contributed by atoms with E-state index in [-0.39, 0.29) is 6.10 Å². The SMILES string of the molecule is CNC[C@@H]1OCCc2c(F)cc(F)cc21. The summed E-state index contributed by atoms with van der Waals surface area (Å²) in [7, 11) is 1.79. The van der Waals surface area contributed by atoms with Gasteiger partial charge < -0.3 is 10.1 Å². The number of likely N-dealkylation sites (N-methyl/N-ethyl adjacent to an activating group) is 1. The zero-order valence-corrected chi connectivity index (χ0v) is 8.52. The first kappa shape index (κ1) is 10.5. The zero-order chi connectivity index (χ0) is 10.8. The molecule has 15 heavy (non-hydrogen) atoms. The summed E-state index contributed by atoms with van der Waals surface area (Å²) in [5, 5.41) is 2.95. The molecule has 0 bridgehead atoms. The van der Waals surface area contributed by atoms with Crippen molar-refractivity contribution in [2.75, 3.05) is 20.2 Å². The van der Waals surface area contributed by atoms with Crippen molar-refractivity contribution in [2.24, 2.45) is 0 Å². The number of halogens is 2. The van der Waals surface area contributed by atoms with E-state index in [1.165, 1.54) is 6.07 Å². The summed E-state index contributed by atoms with van der Waals surface area (Å²) in [5.74, 6) is -1.01. The summed E-state index contributed by atoms with van der Waals surface area (Å²) in [6.07, 6.45) is 0.269. The van der Waals surface area contributed by atoms with Crippen LogP contribution in [0.25, 0.3) is 0 Å². The first-order chi connectivity index (χ1) is 7.22. The van der Waals surface area contributed by atoms with Crippen LogP contribution in [0.1, 0.15) is 17.2 Å². The normalized spacial score (nSPS) is 20.1. The fraction of sp³-hybridized carbons (Fsp3) is 0.455. The Hall–Kier alpha value is -1.00. The van der Waals surface area contributed by atoms with Gasteiger partial charge in [-0.1, -0.05) is 0 Å². The summed E-state index contributed by atoms with van der Waals surface area (Å²) >= 11 is 0. The Morgan fingerprint density at radius 3 is 3.00 bits per heavy atom. The van der Waals surface area contributed by atoms with Gasteiger partial charge in [-0.25, -0.2) is 8.78 Å². The summed E-state index contributed by atoms with van der Waals surface area (Å²) in [6, 6.07) is 2.29. The smallest absolute Gasteiger partial charge is 0.129 e. The maximum Gasteiger partial charge on any atom is 0.129 e. The predicted octanol–water partition coefficient (Wildman–Crippen LogP) is 1.80. The molecule has 2 nitrogen and oxygen atoms in total. The van der Waals surface area contributed by atoms with Gasteiger partial charge in [0.15, 0.2) is 0 Å². The first-order valence-electron chi connectivity index (χ1n) is 4.96. The third kappa shape index (κ3) is 2.01. The average Bonchev–Trinajstić information content (AvgIpc) is 2.19. The number of rotatable bonds is 2. The number of benzene rings is 1. The fourth-order valence-corrected chi connectivity index (χ4v) is 1.92. The number of fused-ring (bicyclic) bond motifs is 1. The molecular weight excluding hydrogens is 200 g/mol. The first-order valence-corrected chi connectivity index (χ1v) is 4.96. The summed E-state index contributed by atoms with van der Waals surface area (Å²) in [6.45, 7) is 1.05. The van der Waals surface area contributed by atoms with Crippen molar-refractivity contribution in [3.05, 3.63) is 34.9 Å². The van der Waals surface area contributed by atoms with Crippen molar-refractivity contribution in [1.29, 1.82) is 0 Å². The van der Waals surface area contributed by atoms with Crippen molar-refractivity contribution in [3.63, 3.8) is 0 Å². The summed E-state index contributed by atoms with van der Waals surface area (Å²) < 4.78 is 31.9. The van der Waals surface area contributed by atoms with E-state index < -0.39 is 11.6 Å². The molecule has 1 N–H and O–H groups in total. The van der Waals surface area contributed by atoms with E-state index in [0.29, 0.717) is 30.7 Å². The van der Waals surface area contributed by atoms with Gasteiger partial charge in [-0.15, -0.1) is 0 Å². The molecule has 1 aliphatic heterocycles. The highest BCUT2D eigenvalue weighted by Gasteiger charge is 2.23. The molecule has 1 aliphatic rings. The molecule has 82 valence electrons. The minimum absolute atomic E-state index is 0.246. The van der Waals surface area contributed by atoms with Crippen LogP contribution >= 0.6 is 0 Å². The molecule has 0 amide bonds. The summed E-state index contributed by atoms with van der Waals surface area (Å²) in [5.41, 5.74) is 1.22. The van der Waals surface area contributed by atoms with E-state index >= 15 is 0 Å². The van der Waals surface area contributed by atoms with Gasteiger partial charge >= 0.3 is 0 Å². The van der Waals surface area contributed by atoms with Gasteiger partial charge in [-0.05, 0) is 30.7 Å².